The minimum atomic E-state index is -0.172. The SMILES string of the molecule is COc1ccccc1C(Nc1ccc(Br)c(C)n1)c1nccn1C. The molecule has 0 aliphatic heterocycles. The first-order valence-corrected chi connectivity index (χ1v) is 8.39. The van der Waals surface area contributed by atoms with Gasteiger partial charge in [-0.3, -0.25) is 0 Å². The average Bonchev–Trinajstić information content (AvgIpc) is 3.01. The van der Waals surface area contributed by atoms with Gasteiger partial charge in [0.25, 0.3) is 0 Å². The maximum absolute atomic E-state index is 5.54. The Balaban J connectivity index is 2.05. The summed E-state index contributed by atoms with van der Waals surface area (Å²) in [5.74, 6) is 2.49. The summed E-state index contributed by atoms with van der Waals surface area (Å²) in [7, 11) is 3.66. The number of rotatable bonds is 5. The van der Waals surface area contributed by atoms with Crippen LogP contribution in [0.4, 0.5) is 5.82 Å². The van der Waals surface area contributed by atoms with Crippen LogP contribution in [-0.2, 0) is 7.05 Å². The largest absolute Gasteiger partial charge is 0.496 e. The number of pyridine rings is 1. The molecule has 2 heterocycles. The Bertz CT molecular complexity index is 847. The molecule has 6 heteroatoms. The van der Waals surface area contributed by atoms with E-state index in [-0.39, 0.29) is 6.04 Å². The molecule has 0 spiro atoms. The van der Waals surface area contributed by atoms with Crippen LogP contribution in [0.1, 0.15) is 23.1 Å². The Kier molecular flexibility index (Phi) is 4.85. The minimum absolute atomic E-state index is 0.172. The summed E-state index contributed by atoms with van der Waals surface area (Å²) in [6.45, 7) is 1.97. The fourth-order valence-corrected chi connectivity index (χ4v) is 2.83. The Hall–Kier alpha value is -2.34. The Morgan fingerprint density at radius 3 is 2.67 bits per heavy atom. The summed E-state index contributed by atoms with van der Waals surface area (Å²) in [4.78, 5) is 9.11. The number of hydrogen-bond acceptors (Lipinski definition) is 4. The number of aromatic nitrogens is 3. The predicted octanol–water partition coefficient (Wildman–Crippen LogP) is 4.10. The topological polar surface area (TPSA) is 52.0 Å². The molecule has 5 nitrogen and oxygen atoms in total. The van der Waals surface area contributed by atoms with Crippen molar-refractivity contribution in [3.05, 3.63) is 70.3 Å². The lowest BCUT2D eigenvalue weighted by atomic mass is 10.0. The lowest BCUT2D eigenvalue weighted by Crippen LogP contribution is -2.18. The third kappa shape index (κ3) is 3.28. The van der Waals surface area contributed by atoms with Gasteiger partial charge in [-0.15, -0.1) is 0 Å². The zero-order valence-electron chi connectivity index (χ0n) is 13.8. The number of hydrogen-bond donors (Lipinski definition) is 1. The molecule has 1 aromatic carbocycles. The van der Waals surface area contributed by atoms with Gasteiger partial charge >= 0.3 is 0 Å². The van der Waals surface area contributed by atoms with Crippen LogP contribution in [0.5, 0.6) is 5.75 Å². The number of halogens is 1. The zero-order chi connectivity index (χ0) is 17.1. The summed E-state index contributed by atoms with van der Waals surface area (Å²) in [5, 5.41) is 3.49. The maximum Gasteiger partial charge on any atom is 0.135 e. The molecule has 0 saturated carbocycles. The molecule has 2 aromatic heterocycles. The molecule has 3 rings (SSSR count). The summed E-state index contributed by atoms with van der Waals surface area (Å²) >= 11 is 3.49. The Labute approximate surface area is 149 Å². The first-order chi connectivity index (χ1) is 11.6. The van der Waals surface area contributed by atoms with Gasteiger partial charge < -0.3 is 14.6 Å². The van der Waals surface area contributed by atoms with Gasteiger partial charge in [-0.25, -0.2) is 9.97 Å². The van der Waals surface area contributed by atoms with Gasteiger partial charge in [-0.05, 0) is 41.1 Å². The number of anilines is 1. The van der Waals surface area contributed by atoms with Gasteiger partial charge in [0.15, 0.2) is 0 Å². The molecule has 24 heavy (non-hydrogen) atoms. The number of imidazole rings is 1. The number of aryl methyl sites for hydroxylation is 2. The van der Waals surface area contributed by atoms with Crippen LogP contribution in [0, 0.1) is 6.92 Å². The summed E-state index contributed by atoms with van der Waals surface area (Å²) in [5.41, 5.74) is 1.94. The van der Waals surface area contributed by atoms with Gasteiger partial charge in [0, 0.05) is 29.5 Å². The Morgan fingerprint density at radius 2 is 2.00 bits per heavy atom. The zero-order valence-corrected chi connectivity index (χ0v) is 15.4. The highest BCUT2D eigenvalue weighted by atomic mass is 79.9. The van der Waals surface area contributed by atoms with Crippen molar-refractivity contribution >= 4 is 21.7 Å². The highest BCUT2D eigenvalue weighted by Gasteiger charge is 2.22. The third-order valence-electron chi connectivity index (χ3n) is 3.88. The van der Waals surface area contributed by atoms with E-state index in [2.05, 4.69) is 31.2 Å². The standard InChI is InChI=1S/C18H19BrN4O/c1-12-14(19)8-9-16(21-12)22-17(18-20-10-11-23(18)2)13-6-4-5-7-15(13)24-3/h4-11,17H,1-3H3,(H,21,22). The smallest absolute Gasteiger partial charge is 0.135 e. The monoisotopic (exact) mass is 386 g/mol. The second-order valence-electron chi connectivity index (χ2n) is 5.48. The highest BCUT2D eigenvalue weighted by Crippen LogP contribution is 2.32. The summed E-state index contributed by atoms with van der Waals surface area (Å²) in [6, 6.07) is 11.7. The van der Waals surface area contributed by atoms with Crippen molar-refractivity contribution in [2.45, 2.75) is 13.0 Å². The van der Waals surface area contributed by atoms with Crippen molar-refractivity contribution in [3.8, 4) is 5.75 Å². The van der Waals surface area contributed by atoms with Gasteiger partial charge in [0.2, 0.25) is 0 Å². The van der Waals surface area contributed by atoms with E-state index in [1.54, 1.807) is 13.3 Å². The van der Waals surface area contributed by atoms with E-state index in [1.807, 2.05) is 61.1 Å². The third-order valence-corrected chi connectivity index (χ3v) is 4.72. The van der Waals surface area contributed by atoms with E-state index < -0.39 is 0 Å². The second-order valence-corrected chi connectivity index (χ2v) is 6.33. The lowest BCUT2D eigenvalue weighted by molar-refractivity contribution is 0.408. The van der Waals surface area contributed by atoms with E-state index in [0.29, 0.717) is 0 Å². The van der Waals surface area contributed by atoms with E-state index in [4.69, 9.17) is 4.74 Å². The van der Waals surface area contributed by atoms with Crippen LogP contribution in [-0.4, -0.2) is 21.6 Å². The molecule has 0 radical (unpaired) electrons. The van der Waals surface area contributed by atoms with Crippen LogP contribution in [0.15, 0.2) is 53.3 Å². The highest BCUT2D eigenvalue weighted by molar-refractivity contribution is 9.10. The maximum atomic E-state index is 5.54. The normalized spacial score (nSPS) is 12.0. The average molecular weight is 387 g/mol. The van der Waals surface area contributed by atoms with Gasteiger partial charge in [0.05, 0.1) is 12.8 Å². The van der Waals surface area contributed by atoms with Gasteiger partial charge in [-0.1, -0.05) is 18.2 Å². The Morgan fingerprint density at radius 1 is 1.21 bits per heavy atom. The molecular formula is C18H19BrN4O. The summed E-state index contributed by atoms with van der Waals surface area (Å²) in [6.07, 6.45) is 3.72. The molecule has 1 unspecified atom stereocenters. The van der Waals surface area contributed by atoms with Crippen molar-refractivity contribution in [2.75, 3.05) is 12.4 Å². The first kappa shape index (κ1) is 16.5. The first-order valence-electron chi connectivity index (χ1n) is 7.60. The van der Waals surface area contributed by atoms with Gasteiger partial charge in [0.1, 0.15) is 23.4 Å². The second kappa shape index (κ2) is 7.05. The van der Waals surface area contributed by atoms with Crippen molar-refractivity contribution in [3.63, 3.8) is 0 Å². The number of ether oxygens (including phenoxy) is 1. The van der Waals surface area contributed by atoms with Crippen LogP contribution in [0.25, 0.3) is 0 Å². The molecule has 0 bridgehead atoms. The molecule has 3 aromatic rings. The molecule has 0 saturated heterocycles. The van der Waals surface area contributed by atoms with Crippen LogP contribution >= 0.6 is 15.9 Å². The fraction of sp³-hybridized carbons (Fsp3) is 0.222. The number of nitrogens with zero attached hydrogens (tertiary/aromatic N) is 3. The lowest BCUT2D eigenvalue weighted by Gasteiger charge is -2.22. The van der Waals surface area contributed by atoms with Crippen LogP contribution in [0.2, 0.25) is 0 Å². The van der Waals surface area contributed by atoms with E-state index in [0.717, 1.165) is 33.1 Å². The fourth-order valence-electron chi connectivity index (χ4n) is 2.61. The predicted molar refractivity (Wildman–Crippen MR) is 98.3 cm³/mol. The van der Waals surface area contributed by atoms with Crippen molar-refractivity contribution in [1.82, 2.24) is 14.5 Å². The number of para-hydroxylation sites is 1. The van der Waals surface area contributed by atoms with E-state index in [1.165, 1.54) is 0 Å². The van der Waals surface area contributed by atoms with Crippen molar-refractivity contribution in [1.29, 1.82) is 0 Å². The number of methoxy groups -OCH3 is 1. The molecule has 1 N–H and O–H groups in total. The quantitative estimate of drug-likeness (QED) is 0.716. The minimum Gasteiger partial charge on any atom is -0.496 e. The molecule has 1 atom stereocenters. The van der Waals surface area contributed by atoms with Crippen molar-refractivity contribution in [2.24, 2.45) is 7.05 Å². The molecule has 124 valence electrons. The summed E-state index contributed by atoms with van der Waals surface area (Å²) < 4.78 is 8.52. The van der Waals surface area contributed by atoms with Gasteiger partial charge in [-0.2, -0.15) is 0 Å². The van der Waals surface area contributed by atoms with E-state index in [9.17, 15) is 0 Å². The van der Waals surface area contributed by atoms with E-state index >= 15 is 0 Å². The van der Waals surface area contributed by atoms with Crippen LogP contribution < -0.4 is 10.1 Å². The molecular weight excluding hydrogens is 368 g/mol. The molecule has 0 aliphatic rings. The number of nitrogens with one attached hydrogen (secondary N) is 1. The molecule has 0 amide bonds. The number of benzene rings is 1. The van der Waals surface area contributed by atoms with Crippen LogP contribution in [0.3, 0.4) is 0 Å². The molecule has 0 aliphatic carbocycles. The van der Waals surface area contributed by atoms with Crippen molar-refractivity contribution < 1.29 is 4.74 Å². The molecule has 0 fully saturated rings.